The quantitative estimate of drug-likeness (QED) is 0.610. The number of aromatic nitrogens is 1. The molecule has 0 atom stereocenters. The van der Waals surface area contributed by atoms with Gasteiger partial charge < -0.3 is 10.6 Å². The number of carbonyl (C=O) groups is 1. The van der Waals surface area contributed by atoms with Crippen molar-refractivity contribution in [3.05, 3.63) is 89.5 Å². The van der Waals surface area contributed by atoms with E-state index in [-0.39, 0.29) is 23.7 Å². The standard InChI is InChI=1S/C20H15F4N3O/c21-14-7-5-13(6-8-14)11-26-19(28)18-10-9-15(12-25-18)27-17-4-2-1-3-16(17)20(22,23)24/h1-10,12,27H,11H2,(H,26,28). The molecule has 0 bridgehead atoms. The predicted octanol–water partition coefficient (Wildman–Crippen LogP) is 4.91. The van der Waals surface area contributed by atoms with Crippen molar-refractivity contribution < 1.29 is 22.4 Å². The molecule has 0 aliphatic carbocycles. The summed E-state index contributed by atoms with van der Waals surface area (Å²) >= 11 is 0. The second kappa shape index (κ2) is 8.08. The molecule has 8 heteroatoms. The number of para-hydroxylation sites is 1. The summed E-state index contributed by atoms with van der Waals surface area (Å²) in [6.07, 6.45) is -3.21. The van der Waals surface area contributed by atoms with Crippen molar-refractivity contribution in [3.63, 3.8) is 0 Å². The Balaban J connectivity index is 1.65. The van der Waals surface area contributed by atoms with Gasteiger partial charge in [0.25, 0.3) is 5.91 Å². The van der Waals surface area contributed by atoms with Crippen LogP contribution in [0.2, 0.25) is 0 Å². The summed E-state index contributed by atoms with van der Waals surface area (Å²) < 4.78 is 52.0. The van der Waals surface area contributed by atoms with Gasteiger partial charge in [-0.25, -0.2) is 9.37 Å². The third kappa shape index (κ3) is 4.85. The Hall–Kier alpha value is -3.42. The van der Waals surface area contributed by atoms with Gasteiger partial charge in [-0.05, 0) is 42.0 Å². The molecule has 4 nitrogen and oxygen atoms in total. The fourth-order valence-corrected chi connectivity index (χ4v) is 2.47. The number of pyridine rings is 1. The number of nitrogens with one attached hydrogen (secondary N) is 2. The number of hydrogen-bond acceptors (Lipinski definition) is 3. The highest BCUT2D eigenvalue weighted by Gasteiger charge is 2.33. The first-order valence-corrected chi connectivity index (χ1v) is 8.25. The lowest BCUT2D eigenvalue weighted by Gasteiger charge is -2.14. The Bertz CT molecular complexity index is 954. The Morgan fingerprint density at radius 1 is 0.964 bits per heavy atom. The maximum atomic E-state index is 13.0. The van der Waals surface area contributed by atoms with Crippen LogP contribution in [0.5, 0.6) is 0 Å². The SMILES string of the molecule is O=C(NCc1ccc(F)cc1)c1ccc(Nc2ccccc2C(F)(F)F)cn1. The Morgan fingerprint density at radius 3 is 2.32 bits per heavy atom. The smallest absolute Gasteiger partial charge is 0.354 e. The minimum atomic E-state index is -4.49. The summed E-state index contributed by atoms with van der Waals surface area (Å²) in [5.41, 5.74) is 0.238. The molecule has 0 aliphatic rings. The summed E-state index contributed by atoms with van der Waals surface area (Å²) in [5, 5.41) is 5.30. The van der Waals surface area contributed by atoms with E-state index < -0.39 is 17.6 Å². The lowest BCUT2D eigenvalue weighted by molar-refractivity contribution is -0.136. The topological polar surface area (TPSA) is 54.0 Å². The fraction of sp³-hybridized carbons (Fsp3) is 0.100. The van der Waals surface area contributed by atoms with Crippen molar-refractivity contribution >= 4 is 17.3 Å². The van der Waals surface area contributed by atoms with Gasteiger partial charge in [-0.3, -0.25) is 4.79 Å². The predicted molar refractivity (Wildman–Crippen MR) is 96.5 cm³/mol. The number of hydrogen-bond donors (Lipinski definition) is 2. The van der Waals surface area contributed by atoms with Crippen molar-refractivity contribution in [2.45, 2.75) is 12.7 Å². The van der Waals surface area contributed by atoms with Gasteiger partial charge in [-0.1, -0.05) is 24.3 Å². The zero-order valence-corrected chi connectivity index (χ0v) is 14.4. The largest absolute Gasteiger partial charge is 0.418 e. The molecule has 0 aliphatic heterocycles. The van der Waals surface area contributed by atoms with Crippen LogP contribution in [0, 0.1) is 5.82 Å². The van der Waals surface area contributed by atoms with Crippen molar-refractivity contribution in [3.8, 4) is 0 Å². The molecule has 2 aromatic carbocycles. The molecular weight excluding hydrogens is 374 g/mol. The minimum absolute atomic E-state index is 0.106. The Kier molecular flexibility index (Phi) is 5.58. The third-order valence-electron chi connectivity index (χ3n) is 3.87. The first-order valence-electron chi connectivity index (χ1n) is 8.25. The number of benzene rings is 2. The lowest BCUT2D eigenvalue weighted by Crippen LogP contribution is -2.23. The molecule has 0 unspecified atom stereocenters. The van der Waals surface area contributed by atoms with E-state index in [4.69, 9.17) is 0 Å². The number of anilines is 2. The van der Waals surface area contributed by atoms with Gasteiger partial charge in [-0.15, -0.1) is 0 Å². The molecule has 2 N–H and O–H groups in total. The van der Waals surface area contributed by atoms with Gasteiger partial charge in [0.1, 0.15) is 11.5 Å². The molecule has 3 rings (SSSR count). The summed E-state index contributed by atoms with van der Waals surface area (Å²) in [6, 6.07) is 13.6. The maximum Gasteiger partial charge on any atom is 0.418 e. The molecule has 0 saturated heterocycles. The highest BCUT2D eigenvalue weighted by atomic mass is 19.4. The van der Waals surface area contributed by atoms with E-state index in [0.717, 1.165) is 11.6 Å². The molecular formula is C20H15F4N3O. The first kappa shape index (κ1) is 19.3. The van der Waals surface area contributed by atoms with E-state index in [1.54, 1.807) is 12.1 Å². The molecule has 28 heavy (non-hydrogen) atoms. The number of nitrogens with zero attached hydrogens (tertiary/aromatic N) is 1. The third-order valence-corrected chi connectivity index (χ3v) is 3.87. The van der Waals surface area contributed by atoms with Crippen molar-refractivity contribution in [1.82, 2.24) is 10.3 Å². The summed E-state index contributed by atoms with van der Waals surface area (Å²) in [4.78, 5) is 16.1. The van der Waals surface area contributed by atoms with E-state index in [2.05, 4.69) is 15.6 Å². The second-order valence-electron chi connectivity index (χ2n) is 5.91. The Labute approximate surface area is 158 Å². The molecule has 0 fully saturated rings. The van der Waals surface area contributed by atoms with Crippen LogP contribution in [-0.2, 0) is 12.7 Å². The maximum absolute atomic E-state index is 13.0. The van der Waals surface area contributed by atoms with Gasteiger partial charge in [0.2, 0.25) is 0 Å². The molecule has 144 valence electrons. The molecule has 3 aromatic rings. The highest BCUT2D eigenvalue weighted by molar-refractivity contribution is 5.92. The molecule has 0 saturated carbocycles. The molecule has 1 aromatic heterocycles. The Morgan fingerprint density at radius 2 is 1.68 bits per heavy atom. The minimum Gasteiger partial charge on any atom is -0.354 e. The van der Waals surface area contributed by atoms with E-state index in [1.807, 2.05) is 0 Å². The van der Waals surface area contributed by atoms with Crippen LogP contribution in [-0.4, -0.2) is 10.9 Å². The molecule has 1 amide bonds. The monoisotopic (exact) mass is 389 g/mol. The van der Waals surface area contributed by atoms with Crippen molar-refractivity contribution in [2.75, 3.05) is 5.32 Å². The normalized spacial score (nSPS) is 11.1. The van der Waals surface area contributed by atoms with Crippen LogP contribution in [0.15, 0.2) is 66.9 Å². The van der Waals surface area contributed by atoms with Gasteiger partial charge in [0, 0.05) is 6.54 Å². The molecule has 0 radical (unpaired) electrons. The number of alkyl halides is 3. The van der Waals surface area contributed by atoms with Crippen LogP contribution in [0.4, 0.5) is 28.9 Å². The van der Waals surface area contributed by atoms with Crippen LogP contribution in [0.3, 0.4) is 0 Å². The van der Waals surface area contributed by atoms with Crippen LogP contribution in [0.1, 0.15) is 21.6 Å². The lowest BCUT2D eigenvalue weighted by atomic mass is 10.1. The number of rotatable bonds is 5. The summed E-state index contributed by atoms with van der Waals surface area (Å²) in [5.74, 6) is -0.821. The van der Waals surface area contributed by atoms with Gasteiger partial charge in [-0.2, -0.15) is 13.2 Å². The number of carbonyl (C=O) groups excluding carboxylic acids is 1. The van der Waals surface area contributed by atoms with Crippen LogP contribution in [0.25, 0.3) is 0 Å². The summed E-state index contributed by atoms with van der Waals surface area (Å²) in [6.45, 7) is 0.194. The average Bonchev–Trinajstić information content (AvgIpc) is 2.67. The molecule has 0 spiro atoms. The molecule has 1 heterocycles. The number of halogens is 4. The number of amides is 1. The van der Waals surface area contributed by atoms with Crippen LogP contribution < -0.4 is 10.6 Å². The highest BCUT2D eigenvalue weighted by Crippen LogP contribution is 2.35. The zero-order valence-electron chi connectivity index (χ0n) is 14.4. The van der Waals surface area contributed by atoms with Crippen molar-refractivity contribution in [2.24, 2.45) is 0 Å². The summed E-state index contributed by atoms with van der Waals surface area (Å²) in [7, 11) is 0. The average molecular weight is 389 g/mol. The first-order chi connectivity index (χ1) is 13.3. The van der Waals surface area contributed by atoms with E-state index in [0.29, 0.717) is 5.69 Å². The van der Waals surface area contributed by atoms with Gasteiger partial charge in [0.05, 0.1) is 23.1 Å². The van der Waals surface area contributed by atoms with Gasteiger partial charge >= 0.3 is 6.18 Å². The van der Waals surface area contributed by atoms with E-state index >= 15 is 0 Å². The van der Waals surface area contributed by atoms with E-state index in [1.165, 1.54) is 48.7 Å². The van der Waals surface area contributed by atoms with Crippen LogP contribution >= 0.6 is 0 Å². The van der Waals surface area contributed by atoms with E-state index in [9.17, 15) is 22.4 Å². The van der Waals surface area contributed by atoms with Gasteiger partial charge in [0.15, 0.2) is 0 Å². The fourth-order valence-electron chi connectivity index (χ4n) is 2.47. The zero-order chi connectivity index (χ0) is 20.1. The second-order valence-corrected chi connectivity index (χ2v) is 5.91. The van der Waals surface area contributed by atoms with Crippen molar-refractivity contribution in [1.29, 1.82) is 0 Å².